The summed E-state index contributed by atoms with van der Waals surface area (Å²) in [6.45, 7) is 6.15. The highest BCUT2D eigenvalue weighted by atomic mass is 79.9. The highest BCUT2D eigenvalue weighted by Crippen LogP contribution is 2.22. The quantitative estimate of drug-likeness (QED) is 0.447. The zero-order chi connectivity index (χ0) is 22.1. The van der Waals surface area contributed by atoms with Gasteiger partial charge in [-0.1, -0.05) is 64.8 Å². The molecule has 7 heteroatoms. The van der Waals surface area contributed by atoms with E-state index in [2.05, 4.69) is 21.2 Å². The fourth-order valence-electron chi connectivity index (χ4n) is 2.78. The Morgan fingerprint density at radius 1 is 1.13 bits per heavy atom. The molecule has 0 aromatic heterocycles. The molecule has 0 spiro atoms. The van der Waals surface area contributed by atoms with Crippen molar-refractivity contribution in [3.63, 3.8) is 0 Å². The predicted octanol–water partition coefficient (Wildman–Crippen LogP) is 5.67. The van der Waals surface area contributed by atoms with Gasteiger partial charge in [-0.25, -0.2) is 0 Å². The van der Waals surface area contributed by atoms with Crippen LogP contribution < -0.4 is 5.32 Å². The Balaban J connectivity index is 2.08. The van der Waals surface area contributed by atoms with Crippen LogP contribution in [0.3, 0.4) is 0 Å². The van der Waals surface area contributed by atoms with Crippen molar-refractivity contribution in [2.24, 2.45) is 0 Å². The molecule has 4 nitrogen and oxygen atoms in total. The zero-order valence-corrected chi connectivity index (χ0v) is 20.7. The van der Waals surface area contributed by atoms with E-state index in [4.69, 9.17) is 11.6 Å². The summed E-state index contributed by atoms with van der Waals surface area (Å²) in [5, 5.41) is 3.68. The monoisotopic (exact) mass is 510 g/mol. The third-order valence-electron chi connectivity index (χ3n) is 4.88. The Labute approximate surface area is 196 Å². The van der Waals surface area contributed by atoms with Gasteiger partial charge in [0.2, 0.25) is 11.8 Å². The molecule has 30 heavy (non-hydrogen) atoms. The molecule has 0 saturated heterocycles. The van der Waals surface area contributed by atoms with E-state index in [0.29, 0.717) is 17.3 Å². The molecule has 2 atom stereocenters. The van der Waals surface area contributed by atoms with Crippen LogP contribution in [0.1, 0.15) is 38.3 Å². The maximum Gasteiger partial charge on any atom is 0.242 e. The standard InChI is InChI=1S/C23H28BrClN2O2S/c1-4-16(2)26-23(29)17(3)27(13-18-9-11-20(24)12-10-18)22(28)15-30-14-19-7-5-6-8-21(19)25/h5-12,16-17H,4,13-15H2,1-3H3,(H,26,29)/t16-,17+/m1/s1. The lowest BCUT2D eigenvalue weighted by Crippen LogP contribution is -2.50. The number of hydrogen-bond donors (Lipinski definition) is 1. The lowest BCUT2D eigenvalue weighted by molar-refractivity contribution is -0.138. The van der Waals surface area contributed by atoms with Gasteiger partial charge in [0.15, 0.2) is 0 Å². The molecule has 2 amide bonds. The van der Waals surface area contributed by atoms with E-state index < -0.39 is 6.04 Å². The van der Waals surface area contributed by atoms with Gasteiger partial charge >= 0.3 is 0 Å². The van der Waals surface area contributed by atoms with Gasteiger partial charge in [0.05, 0.1) is 5.75 Å². The number of nitrogens with one attached hydrogen (secondary N) is 1. The number of carbonyl (C=O) groups is 2. The van der Waals surface area contributed by atoms with E-state index in [-0.39, 0.29) is 23.6 Å². The molecule has 1 N–H and O–H groups in total. The number of halogens is 2. The van der Waals surface area contributed by atoms with Crippen molar-refractivity contribution in [2.45, 2.75) is 51.6 Å². The Morgan fingerprint density at radius 2 is 1.80 bits per heavy atom. The van der Waals surface area contributed by atoms with Gasteiger partial charge in [0.1, 0.15) is 6.04 Å². The molecule has 2 aromatic carbocycles. The second kappa shape index (κ2) is 12.4. The van der Waals surface area contributed by atoms with Gasteiger partial charge in [-0.3, -0.25) is 9.59 Å². The first-order chi connectivity index (χ1) is 14.3. The first-order valence-corrected chi connectivity index (χ1v) is 12.3. The molecule has 0 saturated carbocycles. The second-order valence-electron chi connectivity index (χ2n) is 7.23. The average molecular weight is 512 g/mol. The fourth-order valence-corrected chi connectivity index (χ4v) is 4.24. The molecule has 0 bridgehead atoms. The maximum atomic E-state index is 13.1. The van der Waals surface area contributed by atoms with Gasteiger partial charge in [0.25, 0.3) is 0 Å². The van der Waals surface area contributed by atoms with E-state index in [9.17, 15) is 9.59 Å². The summed E-state index contributed by atoms with van der Waals surface area (Å²) >= 11 is 11.1. The molecule has 0 aliphatic heterocycles. The SMILES string of the molecule is CC[C@@H](C)NC(=O)[C@H](C)N(Cc1ccc(Br)cc1)C(=O)CSCc1ccccc1Cl. The van der Waals surface area contributed by atoms with Gasteiger partial charge in [-0.15, -0.1) is 11.8 Å². The Hall–Kier alpha value is -1.50. The maximum absolute atomic E-state index is 13.1. The summed E-state index contributed by atoms with van der Waals surface area (Å²) in [6.07, 6.45) is 0.840. The van der Waals surface area contributed by atoms with E-state index in [0.717, 1.165) is 22.0 Å². The summed E-state index contributed by atoms with van der Waals surface area (Å²) < 4.78 is 0.974. The van der Waals surface area contributed by atoms with Crippen molar-refractivity contribution >= 4 is 51.1 Å². The summed E-state index contributed by atoms with van der Waals surface area (Å²) in [5.41, 5.74) is 1.98. The van der Waals surface area contributed by atoms with Crippen molar-refractivity contribution in [2.75, 3.05) is 5.75 Å². The molecule has 2 rings (SSSR count). The topological polar surface area (TPSA) is 49.4 Å². The third kappa shape index (κ3) is 7.64. The summed E-state index contributed by atoms with van der Waals surface area (Å²) in [6, 6.07) is 14.9. The van der Waals surface area contributed by atoms with Gasteiger partial charge < -0.3 is 10.2 Å². The van der Waals surface area contributed by atoms with Crippen molar-refractivity contribution < 1.29 is 9.59 Å². The summed E-state index contributed by atoms with van der Waals surface area (Å²) in [7, 11) is 0. The predicted molar refractivity (Wildman–Crippen MR) is 130 cm³/mol. The minimum Gasteiger partial charge on any atom is -0.352 e. The van der Waals surface area contributed by atoms with E-state index in [1.54, 1.807) is 11.8 Å². The molecule has 0 fully saturated rings. The largest absolute Gasteiger partial charge is 0.352 e. The van der Waals surface area contributed by atoms with Gasteiger partial charge in [0, 0.05) is 27.8 Å². The first kappa shape index (κ1) is 24.8. The normalized spacial score (nSPS) is 12.8. The van der Waals surface area contributed by atoms with Crippen LogP contribution in [0.5, 0.6) is 0 Å². The van der Waals surface area contributed by atoms with Crippen LogP contribution in [0.2, 0.25) is 5.02 Å². The average Bonchev–Trinajstić information content (AvgIpc) is 2.73. The number of carbonyl (C=O) groups excluding carboxylic acids is 2. The molecular weight excluding hydrogens is 484 g/mol. The van der Waals surface area contributed by atoms with Crippen LogP contribution in [-0.2, 0) is 21.9 Å². The number of thioether (sulfide) groups is 1. The lowest BCUT2D eigenvalue weighted by atomic mass is 10.1. The summed E-state index contributed by atoms with van der Waals surface area (Å²) in [5.74, 6) is 0.723. The van der Waals surface area contributed by atoms with Crippen molar-refractivity contribution in [1.82, 2.24) is 10.2 Å². The number of benzene rings is 2. The Morgan fingerprint density at radius 3 is 2.43 bits per heavy atom. The van der Waals surface area contributed by atoms with E-state index >= 15 is 0 Å². The highest BCUT2D eigenvalue weighted by Gasteiger charge is 2.26. The van der Waals surface area contributed by atoms with Crippen LogP contribution in [0.4, 0.5) is 0 Å². The molecule has 0 aliphatic carbocycles. The van der Waals surface area contributed by atoms with Crippen LogP contribution >= 0.6 is 39.3 Å². The molecule has 2 aromatic rings. The third-order valence-corrected chi connectivity index (χ3v) is 6.74. The Kier molecular flexibility index (Phi) is 10.2. The van der Waals surface area contributed by atoms with Crippen molar-refractivity contribution in [3.8, 4) is 0 Å². The minimum absolute atomic E-state index is 0.0678. The number of nitrogens with zero attached hydrogens (tertiary/aromatic N) is 1. The van der Waals surface area contributed by atoms with Gasteiger partial charge in [-0.2, -0.15) is 0 Å². The highest BCUT2D eigenvalue weighted by molar-refractivity contribution is 9.10. The van der Waals surface area contributed by atoms with E-state index in [1.165, 1.54) is 11.8 Å². The number of hydrogen-bond acceptors (Lipinski definition) is 3. The van der Waals surface area contributed by atoms with Crippen LogP contribution in [-0.4, -0.2) is 34.6 Å². The zero-order valence-electron chi connectivity index (χ0n) is 17.5. The molecule has 0 heterocycles. The van der Waals surface area contributed by atoms with E-state index in [1.807, 2.05) is 62.4 Å². The number of rotatable bonds is 10. The molecule has 0 radical (unpaired) electrons. The van der Waals surface area contributed by atoms with Gasteiger partial charge in [-0.05, 0) is 49.6 Å². The van der Waals surface area contributed by atoms with Crippen LogP contribution in [0.25, 0.3) is 0 Å². The molecule has 162 valence electrons. The van der Waals surface area contributed by atoms with Crippen molar-refractivity contribution in [3.05, 3.63) is 69.2 Å². The number of amides is 2. The minimum atomic E-state index is -0.559. The van der Waals surface area contributed by atoms with Crippen LogP contribution in [0, 0.1) is 0 Å². The molecule has 0 aliphatic rings. The first-order valence-electron chi connectivity index (χ1n) is 9.97. The molecular formula is C23H28BrClN2O2S. The van der Waals surface area contributed by atoms with Crippen LogP contribution in [0.15, 0.2) is 53.0 Å². The summed E-state index contributed by atoms with van der Waals surface area (Å²) in [4.78, 5) is 27.4. The smallest absolute Gasteiger partial charge is 0.242 e. The Bertz CT molecular complexity index is 847. The molecule has 0 unspecified atom stereocenters. The second-order valence-corrected chi connectivity index (χ2v) is 9.53. The van der Waals surface area contributed by atoms with Crippen molar-refractivity contribution in [1.29, 1.82) is 0 Å². The lowest BCUT2D eigenvalue weighted by Gasteiger charge is -2.29. The fraction of sp³-hybridized carbons (Fsp3) is 0.391.